The highest BCUT2D eigenvalue weighted by Gasteiger charge is 2.33. The van der Waals surface area contributed by atoms with Crippen LogP contribution in [0.2, 0.25) is 0 Å². The van der Waals surface area contributed by atoms with Crippen molar-refractivity contribution >= 4 is 11.8 Å². The van der Waals surface area contributed by atoms with Crippen molar-refractivity contribution in [2.24, 2.45) is 17.8 Å². The zero-order valence-electron chi connectivity index (χ0n) is 16.0. The maximum absolute atomic E-state index is 12.7. The van der Waals surface area contributed by atoms with Gasteiger partial charge in [-0.05, 0) is 57.3 Å². The van der Waals surface area contributed by atoms with Crippen LogP contribution in [0.15, 0.2) is 0 Å². The van der Waals surface area contributed by atoms with Crippen LogP contribution in [0.25, 0.3) is 0 Å². The third-order valence-corrected chi connectivity index (χ3v) is 6.74. The van der Waals surface area contributed by atoms with Crippen LogP contribution in [0, 0.1) is 17.8 Å². The summed E-state index contributed by atoms with van der Waals surface area (Å²) in [5, 5.41) is 3.31. The Bertz CT molecular complexity index is 441. The van der Waals surface area contributed by atoms with E-state index in [1.807, 2.05) is 0 Å². The van der Waals surface area contributed by atoms with Gasteiger partial charge < -0.3 is 10.2 Å². The summed E-state index contributed by atoms with van der Waals surface area (Å²) in [6, 6.07) is 0.393. The van der Waals surface area contributed by atoms with E-state index in [2.05, 4.69) is 17.1 Å². The summed E-state index contributed by atoms with van der Waals surface area (Å²) in [7, 11) is 0. The van der Waals surface area contributed by atoms with E-state index in [9.17, 15) is 9.59 Å². The minimum absolute atomic E-state index is 0.133. The van der Waals surface area contributed by atoms with Gasteiger partial charge in [0.05, 0.1) is 0 Å². The molecule has 4 nitrogen and oxygen atoms in total. The molecule has 1 aliphatic heterocycles. The van der Waals surface area contributed by atoms with Crippen LogP contribution in [0.3, 0.4) is 0 Å². The smallest absolute Gasteiger partial charge is 0.225 e. The summed E-state index contributed by atoms with van der Waals surface area (Å²) in [5.74, 6) is 1.66. The van der Waals surface area contributed by atoms with Crippen LogP contribution in [0.4, 0.5) is 0 Å². The molecule has 0 spiro atoms. The summed E-state index contributed by atoms with van der Waals surface area (Å²) in [5.41, 5.74) is 0. The molecule has 0 aromatic heterocycles. The Hall–Kier alpha value is -1.06. The predicted octanol–water partition coefficient (Wildman–Crippen LogP) is 3.89. The first kappa shape index (κ1) is 18.7. The number of hydrogen-bond acceptors (Lipinski definition) is 2. The number of nitrogens with zero attached hydrogens (tertiary/aromatic N) is 1. The molecule has 3 rings (SSSR count). The van der Waals surface area contributed by atoms with Crippen LogP contribution < -0.4 is 5.32 Å². The molecule has 2 saturated carbocycles. The van der Waals surface area contributed by atoms with Gasteiger partial charge >= 0.3 is 0 Å². The van der Waals surface area contributed by atoms with E-state index in [1.54, 1.807) is 0 Å². The SMILES string of the molecule is CC1CCN(C(=O)C2CCC(C(=O)NC3CCCCCC3)CC2)CC1. The molecule has 1 heterocycles. The standard InChI is InChI=1S/C21H36N2O2/c1-16-12-14-23(15-13-16)21(25)18-10-8-17(9-11-18)20(24)22-19-6-4-2-3-5-7-19/h16-19H,2-15H2,1H3,(H,22,24). The fraction of sp³-hybridized carbons (Fsp3) is 0.905. The Morgan fingerprint density at radius 1 is 0.760 bits per heavy atom. The third kappa shape index (κ3) is 5.21. The van der Waals surface area contributed by atoms with Gasteiger partial charge in [0.25, 0.3) is 0 Å². The molecule has 2 aliphatic carbocycles. The van der Waals surface area contributed by atoms with Crippen LogP contribution in [0.1, 0.15) is 84.0 Å². The lowest BCUT2D eigenvalue weighted by Gasteiger charge is -2.35. The second-order valence-electron chi connectivity index (χ2n) is 8.75. The predicted molar refractivity (Wildman–Crippen MR) is 100 cm³/mol. The molecule has 1 N–H and O–H groups in total. The number of likely N-dealkylation sites (tertiary alicyclic amines) is 1. The molecule has 3 aliphatic rings. The van der Waals surface area contributed by atoms with E-state index in [0.29, 0.717) is 11.9 Å². The lowest BCUT2D eigenvalue weighted by Crippen LogP contribution is -2.44. The molecule has 0 atom stereocenters. The van der Waals surface area contributed by atoms with E-state index in [0.717, 1.165) is 70.4 Å². The molecule has 0 radical (unpaired) electrons. The number of carbonyl (C=O) groups is 2. The number of piperidine rings is 1. The number of nitrogens with one attached hydrogen (secondary N) is 1. The van der Waals surface area contributed by atoms with E-state index < -0.39 is 0 Å². The van der Waals surface area contributed by atoms with Gasteiger partial charge in [-0.3, -0.25) is 9.59 Å². The molecule has 25 heavy (non-hydrogen) atoms. The highest BCUT2D eigenvalue weighted by atomic mass is 16.2. The summed E-state index contributed by atoms with van der Waals surface area (Å²) in [6.45, 7) is 4.14. The first-order valence-electron chi connectivity index (χ1n) is 10.7. The second-order valence-corrected chi connectivity index (χ2v) is 8.75. The van der Waals surface area contributed by atoms with Gasteiger partial charge in [0.2, 0.25) is 11.8 Å². The van der Waals surface area contributed by atoms with Gasteiger partial charge in [-0.25, -0.2) is 0 Å². The van der Waals surface area contributed by atoms with Crippen LogP contribution in [0.5, 0.6) is 0 Å². The van der Waals surface area contributed by atoms with Gasteiger partial charge in [-0.1, -0.05) is 32.6 Å². The largest absolute Gasteiger partial charge is 0.353 e. The maximum Gasteiger partial charge on any atom is 0.225 e. The zero-order valence-corrected chi connectivity index (χ0v) is 16.0. The Balaban J connectivity index is 1.41. The van der Waals surface area contributed by atoms with Crippen molar-refractivity contribution < 1.29 is 9.59 Å². The molecular weight excluding hydrogens is 312 g/mol. The van der Waals surface area contributed by atoms with E-state index in [1.165, 1.54) is 25.7 Å². The molecular formula is C21H36N2O2. The Morgan fingerprint density at radius 3 is 1.92 bits per heavy atom. The third-order valence-electron chi connectivity index (χ3n) is 6.74. The van der Waals surface area contributed by atoms with E-state index in [4.69, 9.17) is 0 Å². The first-order chi connectivity index (χ1) is 12.1. The topological polar surface area (TPSA) is 49.4 Å². The molecule has 0 aromatic rings. The quantitative estimate of drug-likeness (QED) is 0.787. The van der Waals surface area contributed by atoms with E-state index in [-0.39, 0.29) is 17.7 Å². The average Bonchev–Trinajstić information content (AvgIpc) is 2.90. The number of hydrogen-bond donors (Lipinski definition) is 1. The fourth-order valence-corrected chi connectivity index (χ4v) is 4.83. The van der Waals surface area contributed by atoms with Crippen molar-refractivity contribution in [3.05, 3.63) is 0 Å². The van der Waals surface area contributed by atoms with Crippen LogP contribution in [-0.2, 0) is 9.59 Å². The lowest BCUT2D eigenvalue weighted by molar-refractivity contribution is -0.139. The summed E-state index contributed by atoms with van der Waals surface area (Å²) in [4.78, 5) is 27.4. The minimum atomic E-state index is 0.133. The lowest BCUT2D eigenvalue weighted by atomic mass is 9.80. The molecule has 0 aromatic carbocycles. The normalized spacial score (nSPS) is 29.9. The van der Waals surface area contributed by atoms with Gasteiger partial charge in [-0.2, -0.15) is 0 Å². The number of carbonyl (C=O) groups excluding carboxylic acids is 2. The van der Waals surface area contributed by atoms with Crippen molar-refractivity contribution in [2.75, 3.05) is 13.1 Å². The van der Waals surface area contributed by atoms with E-state index >= 15 is 0 Å². The summed E-state index contributed by atoms with van der Waals surface area (Å²) >= 11 is 0. The average molecular weight is 349 g/mol. The fourth-order valence-electron chi connectivity index (χ4n) is 4.83. The van der Waals surface area contributed by atoms with Gasteiger partial charge in [-0.15, -0.1) is 0 Å². The van der Waals surface area contributed by atoms with Crippen molar-refractivity contribution in [2.45, 2.75) is 90.0 Å². The minimum Gasteiger partial charge on any atom is -0.353 e. The Labute approximate surface area is 153 Å². The Kier molecular flexibility index (Phi) is 6.77. The summed E-state index contributed by atoms with van der Waals surface area (Å²) in [6.07, 6.45) is 13.3. The van der Waals surface area contributed by atoms with Crippen molar-refractivity contribution in [3.8, 4) is 0 Å². The highest BCUT2D eigenvalue weighted by Crippen LogP contribution is 2.31. The first-order valence-corrected chi connectivity index (χ1v) is 10.7. The molecule has 0 bridgehead atoms. The highest BCUT2D eigenvalue weighted by molar-refractivity contribution is 5.81. The second kappa shape index (κ2) is 9.05. The monoisotopic (exact) mass is 348 g/mol. The van der Waals surface area contributed by atoms with Gasteiger partial charge in [0, 0.05) is 31.0 Å². The van der Waals surface area contributed by atoms with Crippen LogP contribution >= 0.6 is 0 Å². The molecule has 142 valence electrons. The molecule has 3 fully saturated rings. The van der Waals surface area contributed by atoms with Crippen molar-refractivity contribution in [1.82, 2.24) is 10.2 Å². The zero-order chi connectivity index (χ0) is 17.6. The maximum atomic E-state index is 12.7. The van der Waals surface area contributed by atoms with Gasteiger partial charge in [0.1, 0.15) is 0 Å². The summed E-state index contributed by atoms with van der Waals surface area (Å²) < 4.78 is 0. The number of amides is 2. The Morgan fingerprint density at radius 2 is 1.32 bits per heavy atom. The molecule has 0 unspecified atom stereocenters. The molecule has 1 saturated heterocycles. The van der Waals surface area contributed by atoms with Crippen molar-refractivity contribution in [1.29, 1.82) is 0 Å². The molecule has 4 heteroatoms. The van der Waals surface area contributed by atoms with Gasteiger partial charge in [0.15, 0.2) is 0 Å². The number of rotatable bonds is 3. The molecule has 2 amide bonds. The van der Waals surface area contributed by atoms with Crippen molar-refractivity contribution in [3.63, 3.8) is 0 Å². The van der Waals surface area contributed by atoms with Crippen LogP contribution in [-0.4, -0.2) is 35.8 Å².